The van der Waals surface area contributed by atoms with Gasteiger partial charge in [-0.25, -0.2) is 8.42 Å². The first kappa shape index (κ1) is 22.2. The maximum atomic E-state index is 13.2. The number of hydrogen-bond acceptors (Lipinski definition) is 4. The van der Waals surface area contributed by atoms with Gasteiger partial charge in [-0.1, -0.05) is 36.4 Å². The molecule has 0 unspecified atom stereocenters. The first-order chi connectivity index (χ1) is 14.3. The molecule has 1 atom stereocenters. The molecule has 2 aromatic rings. The molecule has 0 aliphatic carbocycles. The Balaban J connectivity index is 1.68. The van der Waals surface area contributed by atoms with E-state index in [0.29, 0.717) is 30.4 Å². The largest absolute Gasteiger partial charge is 0.497 e. The van der Waals surface area contributed by atoms with Gasteiger partial charge in [-0.15, -0.1) is 0 Å². The number of likely N-dealkylation sites (tertiary alicyclic amines) is 1. The van der Waals surface area contributed by atoms with Crippen molar-refractivity contribution in [3.05, 3.63) is 60.2 Å². The lowest BCUT2D eigenvalue weighted by Gasteiger charge is -2.36. The minimum absolute atomic E-state index is 0.165. The molecule has 30 heavy (non-hydrogen) atoms. The number of ether oxygens (including phenoxy) is 1. The number of carbonyl (C=O) groups excluding carboxylic acids is 1. The van der Waals surface area contributed by atoms with Gasteiger partial charge in [0.2, 0.25) is 15.9 Å². The fraction of sp³-hybridized carbons (Fsp3) is 0.435. The number of rotatable bonds is 7. The molecule has 6 nitrogen and oxygen atoms in total. The van der Waals surface area contributed by atoms with Crippen LogP contribution in [-0.4, -0.2) is 51.7 Å². The molecule has 0 spiro atoms. The van der Waals surface area contributed by atoms with Crippen molar-refractivity contribution in [2.45, 2.75) is 32.2 Å². The average Bonchev–Trinajstić information content (AvgIpc) is 2.74. The van der Waals surface area contributed by atoms with E-state index in [-0.39, 0.29) is 5.91 Å². The number of nitrogens with zero attached hydrogens (tertiary/aromatic N) is 2. The Morgan fingerprint density at radius 3 is 2.40 bits per heavy atom. The predicted octanol–water partition coefficient (Wildman–Crippen LogP) is 3.33. The van der Waals surface area contributed by atoms with Crippen molar-refractivity contribution in [1.29, 1.82) is 0 Å². The molecule has 0 aromatic heterocycles. The summed E-state index contributed by atoms with van der Waals surface area (Å²) < 4.78 is 31.5. The fourth-order valence-corrected chi connectivity index (χ4v) is 5.28. The second-order valence-electron chi connectivity index (χ2n) is 7.89. The summed E-state index contributed by atoms with van der Waals surface area (Å²) in [5.74, 6) is 0.917. The van der Waals surface area contributed by atoms with Gasteiger partial charge in [-0.3, -0.25) is 9.10 Å². The lowest BCUT2D eigenvalue weighted by atomic mass is 9.90. The summed E-state index contributed by atoms with van der Waals surface area (Å²) >= 11 is 0. The summed E-state index contributed by atoms with van der Waals surface area (Å²) in [7, 11) is -2.12. The van der Waals surface area contributed by atoms with Gasteiger partial charge in [-0.05, 0) is 49.8 Å². The predicted molar refractivity (Wildman–Crippen MR) is 119 cm³/mol. The molecular weight excluding hydrogens is 400 g/mol. The Bertz CT molecular complexity index is 954. The summed E-state index contributed by atoms with van der Waals surface area (Å²) in [5, 5.41) is 0. The molecule has 1 saturated heterocycles. The van der Waals surface area contributed by atoms with Crippen molar-refractivity contribution in [2.75, 3.05) is 30.8 Å². The van der Waals surface area contributed by atoms with Crippen molar-refractivity contribution in [1.82, 2.24) is 4.90 Å². The zero-order valence-corrected chi connectivity index (χ0v) is 18.6. The van der Waals surface area contributed by atoms with E-state index < -0.39 is 16.1 Å². The van der Waals surface area contributed by atoms with Crippen molar-refractivity contribution in [3.63, 3.8) is 0 Å². The zero-order chi connectivity index (χ0) is 21.7. The highest BCUT2D eigenvalue weighted by Gasteiger charge is 2.33. The van der Waals surface area contributed by atoms with Gasteiger partial charge in [-0.2, -0.15) is 0 Å². The SMILES string of the molecule is COc1cccc(N([C@@H](C)C(=O)N2CCC(Cc3ccccc3)CC2)S(C)(=O)=O)c1. The van der Waals surface area contributed by atoms with Crippen LogP contribution in [0.5, 0.6) is 5.75 Å². The summed E-state index contributed by atoms with van der Waals surface area (Å²) in [5.41, 5.74) is 1.74. The minimum atomic E-state index is -3.65. The van der Waals surface area contributed by atoms with Crippen LogP contribution in [0.2, 0.25) is 0 Å². The van der Waals surface area contributed by atoms with Gasteiger partial charge in [0.25, 0.3) is 0 Å². The average molecular weight is 431 g/mol. The number of hydrogen-bond donors (Lipinski definition) is 0. The molecule has 1 heterocycles. The van der Waals surface area contributed by atoms with Crippen LogP contribution in [0.4, 0.5) is 5.69 Å². The fourth-order valence-electron chi connectivity index (χ4n) is 4.12. The summed E-state index contributed by atoms with van der Waals surface area (Å²) in [6.45, 7) is 2.95. The van der Waals surface area contributed by atoms with Crippen LogP contribution in [0.25, 0.3) is 0 Å². The van der Waals surface area contributed by atoms with Gasteiger partial charge in [0.15, 0.2) is 0 Å². The molecular formula is C23H30N2O4S. The Morgan fingerprint density at radius 1 is 1.13 bits per heavy atom. The summed E-state index contributed by atoms with van der Waals surface area (Å²) in [6.07, 6.45) is 3.98. The van der Waals surface area contributed by atoms with Crippen molar-refractivity contribution < 1.29 is 17.9 Å². The molecule has 2 aromatic carbocycles. The summed E-state index contributed by atoms with van der Waals surface area (Å²) in [4.78, 5) is 15.0. The van der Waals surface area contributed by atoms with Crippen molar-refractivity contribution >= 4 is 21.6 Å². The van der Waals surface area contributed by atoms with Gasteiger partial charge in [0.05, 0.1) is 19.1 Å². The van der Waals surface area contributed by atoms with Crippen LogP contribution in [0.15, 0.2) is 54.6 Å². The number of sulfonamides is 1. The molecule has 1 aliphatic heterocycles. The molecule has 7 heteroatoms. The molecule has 0 saturated carbocycles. The topological polar surface area (TPSA) is 66.9 Å². The third kappa shape index (κ3) is 5.33. The highest BCUT2D eigenvalue weighted by Crippen LogP contribution is 2.27. The standard InChI is InChI=1S/C23H30N2O4S/c1-18(25(30(3,27)28)21-10-7-11-22(17-21)29-2)23(26)24-14-12-20(13-15-24)16-19-8-5-4-6-9-19/h4-11,17-18,20H,12-16H2,1-3H3/t18-/m0/s1. The third-order valence-corrected chi connectivity index (χ3v) is 6.91. The van der Waals surface area contributed by atoms with Crippen LogP contribution >= 0.6 is 0 Å². The van der Waals surface area contributed by atoms with Gasteiger partial charge < -0.3 is 9.64 Å². The van der Waals surface area contributed by atoms with Crippen LogP contribution in [-0.2, 0) is 21.2 Å². The lowest BCUT2D eigenvalue weighted by Crippen LogP contribution is -2.51. The lowest BCUT2D eigenvalue weighted by molar-refractivity contribution is -0.133. The number of piperidine rings is 1. The quantitative estimate of drug-likeness (QED) is 0.676. The Labute approximate surface area is 179 Å². The van der Waals surface area contributed by atoms with Gasteiger partial charge >= 0.3 is 0 Å². The minimum Gasteiger partial charge on any atom is -0.497 e. The monoisotopic (exact) mass is 430 g/mol. The Kier molecular flexibility index (Phi) is 7.02. The maximum Gasteiger partial charge on any atom is 0.246 e. The van der Waals surface area contributed by atoms with E-state index in [4.69, 9.17) is 4.74 Å². The second kappa shape index (κ2) is 9.51. The van der Waals surface area contributed by atoms with E-state index >= 15 is 0 Å². The molecule has 1 aliphatic rings. The van der Waals surface area contributed by atoms with Crippen LogP contribution < -0.4 is 9.04 Å². The number of anilines is 1. The maximum absolute atomic E-state index is 13.2. The smallest absolute Gasteiger partial charge is 0.246 e. The number of amides is 1. The van der Waals surface area contributed by atoms with E-state index in [1.165, 1.54) is 17.0 Å². The molecule has 1 amide bonds. The number of carbonyl (C=O) groups is 1. The molecule has 0 bridgehead atoms. The van der Waals surface area contributed by atoms with E-state index in [1.54, 1.807) is 36.1 Å². The highest BCUT2D eigenvalue weighted by atomic mass is 32.2. The van der Waals surface area contributed by atoms with Crippen LogP contribution in [0.1, 0.15) is 25.3 Å². The summed E-state index contributed by atoms with van der Waals surface area (Å²) in [6, 6.07) is 16.3. The molecule has 0 radical (unpaired) electrons. The normalized spacial score (nSPS) is 16.2. The van der Waals surface area contributed by atoms with E-state index in [0.717, 1.165) is 25.5 Å². The molecule has 1 fully saturated rings. The van der Waals surface area contributed by atoms with Gasteiger partial charge in [0, 0.05) is 19.2 Å². The molecule has 3 rings (SSSR count). The first-order valence-electron chi connectivity index (χ1n) is 10.3. The number of benzene rings is 2. The van der Waals surface area contributed by atoms with Crippen molar-refractivity contribution in [2.24, 2.45) is 5.92 Å². The second-order valence-corrected chi connectivity index (χ2v) is 9.75. The van der Waals surface area contributed by atoms with Crippen LogP contribution in [0.3, 0.4) is 0 Å². The number of methoxy groups -OCH3 is 1. The zero-order valence-electron chi connectivity index (χ0n) is 17.8. The molecule has 0 N–H and O–H groups in total. The van der Waals surface area contributed by atoms with E-state index in [9.17, 15) is 13.2 Å². The Hall–Kier alpha value is -2.54. The van der Waals surface area contributed by atoms with Gasteiger partial charge in [0.1, 0.15) is 11.8 Å². The van der Waals surface area contributed by atoms with E-state index in [1.807, 2.05) is 18.2 Å². The highest BCUT2D eigenvalue weighted by molar-refractivity contribution is 7.92. The third-order valence-electron chi connectivity index (χ3n) is 5.67. The first-order valence-corrected chi connectivity index (χ1v) is 12.1. The molecule has 162 valence electrons. The van der Waals surface area contributed by atoms with Crippen LogP contribution in [0, 0.1) is 5.92 Å². The van der Waals surface area contributed by atoms with E-state index in [2.05, 4.69) is 12.1 Å². The Morgan fingerprint density at radius 2 is 1.80 bits per heavy atom. The van der Waals surface area contributed by atoms with Crippen molar-refractivity contribution in [3.8, 4) is 5.75 Å².